The molecule has 0 bridgehead atoms. The second kappa shape index (κ2) is 12.0. The molecule has 3 aromatic rings. The molecule has 1 aliphatic rings. The Morgan fingerprint density at radius 1 is 1.14 bits per heavy atom. The van der Waals surface area contributed by atoms with E-state index in [0.29, 0.717) is 41.3 Å². The molecule has 0 fully saturated rings. The molecular formula is C27H33N5O3S. The Morgan fingerprint density at radius 3 is 2.75 bits per heavy atom. The molecule has 4 rings (SSSR count). The van der Waals surface area contributed by atoms with Gasteiger partial charge in [-0.05, 0) is 55.9 Å². The normalized spacial score (nSPS) is 14.7. The van der Waals surface area contributed by atoms with Crippen molar-refractivity contribution in [3.63, 3.8) is 0 Å². The second-order valence-electron chi connectivity index (χ2n) is 8.32. The van der Waals surface area contributed by atoms with Crippen LogP contribution in [0.2, 0.25) is 0 Å². The van der Waals surface area contributed by atoms with E-state index in [1.807, 2.05) is 62.4 Å². The maximum absolute atomic E-state index is 13.8. The van der Waals surface area contributed by atoms with Gasteiger partial charge in [0.1, 0.15) is 17.5 Å². The minimum Gasteiger partial charge on any atom is -0.494 e. The summed E-state index contributed by atoms with van der Waals surface area (Å²) in [5, 5.41) is 11.8. The third kappa shape index (κ3) is 5.67. The molecule has 0 aliphatic carbocycles. The van der Waals surface area contributed by atoms with Crippen LogP contribution in [0.25, 0.3) is 0 Å². The van der Waals surface area contributed by atoms with Crippen LogP contribution in [-0.4, -0.2) is 39.6 Å². The summed E-state index contributed by atoms with van der Waals surface area (Å²) in [6, 6.07) is 14.8. The summed E-state index contributed by atoms with van der Waals surface area (Å²) < 4.78 is 13.5. The zero-order chi connectivity index (χ0) is 25.5. The lowest BCUT2D eigenvalue weighted by Crippen LogP contribution is -2.31. The second-order valence-corrected chi connectivity index (χ2v) is 9.55. The minimum atomic E-state index is -0.478. The number of aromatic nitrogens is 3. The first-order valence-corrected chi connectivity index (χ1v) is 13.4. The number of nitrogens with one attached hydrogen (secondary N) is 2. The number of para-hydroxylation sites is 2. The number of allylic oxidation sites excluding steroid dienone is 1. The Hall–Kier alpha value is -3.46. The molecule has 2 N–H and O–H groups in total. The van der Waals surface area contributed by atoms with Crippen molar-refractivity contribution in [2.45, 2.75) is 51.7 Å². The SMILES string of the molecule is CCCCOc1cccc(C2C(C(=O)Nc3ccccc3OCC)=C(C)Nc3nc(SCC)nn32)c1. The lowest BCUT2D eigenvalue weighted by molar-refractivity contribution is -0.113. The molecule has 1 aromatic heterocycles. The molecule has 1 amide bonds. The van der Waals surface area contributed by atoms with Crippen LogP contribution in [0.3, 0.4) is 0 Å². The largest absolute Gasteiger partial charge is 0.494 e. The molecule has 0 spiro atoms. The molecule has 1 aliphatic heterocycles. The van der Waals surface area contributed by atoms with Crippen molar-refractivity contribution in [1.82, 2.24) is 14.8 Å². The minimum absolute atomic E-state index is 0.236. The number of rotatable bonds is 11. The fourth-order valence-corrected chi connectivity index (χ4v) is 4.63. The summed E-state index contributed by atoms with van der Waals surface area (Å²) in [5.74, 6) is 2.62. The molecule has 0 saturated heterocycles. The zero-order valence-electron chi connectivity index (χ0n) is 21.2. The van der Waals surface area contributed by atoms with Crippen LogP contribution < -0.4 is 20.1 Å². The fourth-order valence-electron chi connectivity index (χ4n) is 4.07. The summed E-state index contributed by atoms with van der Waals surface area (Å²) in [4.78, 5) is 18.4. The van der Waals surface area contributed by atoms with Crippen LogP contribution in [0, 0.1) is 0 Å². The van der Waals surface area contributed by atoms with Crippen molar-refractivity contribution < 1.29 is 14.3 Å². The highest BCUT2D eigenvalue weighted by Gasteiger charge is 2.35. The van der Waals surface area contributed by atoms with Crippen LogP contribution in [0.1, 0.15) is 52.1 Å². The van der Waals surface area contributed by atoms with Gasteiger partial charge >= 0.3 is 0 Å². The van der Waals surface area contributed by atoms with Gasteiger partial charge in [0.2, 0.25) is 11.1 Å². The van der Waals surface area contributed by atoms with Crippen molar-refractivity contribution in [3.05, 3.63) is 65.4 Å². The molecule has 36 heavy (non-hydrogen) atoms. The van der Waals surface area contributed by atoms with Crippen molar-refractivity contribution in [2.24, 2.45) is 0 Å². The molecule has 1 atom stereocenters. The Bertz CT molecular complexity index is 1240. The molecule has 0 saturated carbocycles. The fraction of sp³-hybridized carbons (Fsp3) is 0.370. The quantitative estimate of drug-likeness (QED) is 0.247. The summed E-state index contributed by atoms with van der Waals surface area (Å²) in [7, 11) is 0. The van der Waals surface area contributed by atoms with Crippen LogP contribution >= 0.6 is 11.8 Å². The van der Waals surface area contributed by atoms with Crippen LogP contribution in [0.15, 0.2) is 65.0 Å². The first-order valence-electron chi connectivity index (χ1n) is 12.4. The van der Waals surface area contributed by atoms with Crippen molar-refractivity contribution in [1.29, 1.82) is 0 Å². The zero-order valence-corrected chi connectivity index (χ0v) is 22.0. The average Bonchev–Trinajstić information content (AvgIpc) is 3.27. The van der Waals surface area contributed by atoms with Gasteiger partial charge < -0.3 is 20.1 Å². The van der Waals surface area contributed by atoms with E-state index >= 15 is 0 Å². The summed E-state index contributed by atoms with van der Waals surface area (Å²) in [5.41, 5.74) is 2.79. The molecule has 2 heterocycles. The third-order valence-electron chi connectivity index (χ3n) is 5.73. The standard InChI is InChI=1S/C27H33N5O3S/c1-5-8-16-35-20-13-11-12-19(17-20)24-23(18(4)28-26-30-27(36-7-3)31-32(24)26)25(33)29-21-14-9-10-15-22(21)34-6-2/h9-15,17,24H,5-8,16H2,1-4H3,(H,29,33)(H,28,30,31). The smallest absolute Gasteiger partial charge is 0.255 e. The lowest BCUT2D eigenvalue weighted by atomic mass is 9.94. The molecule has 190 valence electrons. The molecule has 8 nitrogen and oxygen atoms in total. The van der Waals surface area contributed by atoms with Crippen molar-refractivity contribution in [3.8, 4) is 11.5 Å². The Labute approximate surface area is 216 Å². The molecular weight excluding hydrogens is 474 g/mol. The number of thioether (sulfide) groups is 1. The van der Waals surface area contributed by atoms with E-state index < -0.39 is 6.04 Å². The molecule has 1 unspecified atom stereocenters. The maximum atomic E-state index is 13.8. The van der Waals surface area contributed by atoms with Gasteiger partial charge in [-0.1, -0.05) is 56.3 Å². The topological polar surface area (TPSA) is 90.3 Å². The maximum Gasteiger partial charge on any atom is 0.255 e. The summed E-state index contributed by atoms with van der Waals surface area (Å²) in [6.45, 7) is 9.15. The highest BCUT2D eigenvalue weighted by Crippen LogP contribution is 2.38. The van der Waals surface area contributed by atoms with Crippen LogP contribution in [0.4, 0.5) is 11.6 Å². The number of carbonyl (C=O) groups is 1. The predicted octanol–water partition coefficient (Wildman–Crippen LogP) is 5.90. The number of ether oxygens (including phenoxy) is 2. The number of hydrogen-bond donors (Lipinski definition) is 2. The van der Waals surface area contributed by atoms with E-state index in [1.54, 1.807) is 16.4 Å². The summed E-state index contributed by atoms with van der Waals surface area (Å²) >= 11 is 1.56. The number of amides is 1. The average molecular weight is 508 g/mol. The van der Waals surface area contributed by atoms with Gasteiger partial charge in [-0.2, -0.15) is 4.98 Å². The van der Waals surface area contributed by atoms with Gasteiger partial charge in [-0.25, -0.2) is 4.68 Å². The van der Waals surface area contributed by atoms with Gasteiger partial charge in [-0.15, -0.1) is 5.10 Å². The first kappa shape index (κ1) is 25.6. The van der Waals surface area contributed by atoms with E-state index in [9.17, 15) is 4.79 Å². The van der Waals surface area contributed by atoms with Gasteiger partial charge in [0.05, 0.1) is 24.5 Å². The predicted molar refractivity (Wildman–Crippen MR) is 144 cm³/mol. The third-order valence-corrected chi connectivity index (χ3v) is 6.45. The highest BCUT2D eigenvalue weighted by atomic mass is 32.2. The van der Waals surface area contributed by atoms with E-state index in [4.69, 9.17) is 14.6 Å². The van der Waals surface area contributed by atoms with Crippen molar-refractivity contribution in [2.75, 3.05) is 29.6 Å². The highest BCUT2D eigenvalue weighted by molar-refractivity contribution is 7.99. The molecule has 9 heteroatoms. The van der Waals surface area contributed by atoms with Crippen LogP contribution in [-0.2, 0) is 4.79 Å². The van der Waals surface area contributed by atoms with Gasteiger partial charge in [0, 0.05) is 5.70 Å². The van der Waals surface area contributed by atoms with E-state index in [2.05, 4.69) is 29.5 Å². The Kier molecular flexibility index (Phi) is 8.53. The molecule has 0 radical (unpaired) electrons. The first-order chi connectivity index (χ1) is 17.5. The van der Waals surface area contributed by atoms with E-state index in [0.717, 1.165) is 35.6 Å². The van der Waals surface area contributed by atoms with Gasteiger partial charge in [0.25, 0.3) is 5.91 Å². The van der Waals surface area contributed by atoms with E-state index in [1.165, 1.54) is 0 Å². The van der Waals surface area contributed by atoms with Crippen LogP contribution in [0.5, 0.6) is 11.5 Å². The summed E-state index contributed by atoms with van der Waals surface area (Å²) in [6.07, 6.45) is 2.04. The number of nitrogens with zero attached hydrogens (tertiary/aromatic N) is 3. The monoisotopic (exact) mass is 507 g/mol. The van der Waals surface area contributed by atoms with Crippen molar-refractivity contribution >= 4 is 29.3 Å². The number of hydrogen-bond acceptors (Lipinski definition) is 7. The number of unbranched alkanes of at least 4 members (excludes halogenated alkanes) is 1. The van der Waals surface area contributed by atoms with Gasteiger partial charge in [0.15, 0.2) is 0 Å². The molecule has 2 aromatic carbocycles. The lowest BCUT2D eigenvalue weighted by Gasteiger charge is -2.29. The number of anilines is 2. The Morgan fingerprint density at radius 2 is 1.97 bits per heavy atom. The van der Waals surface area contributed by atoms with E-state index in [-0.39, 0.29) is 5.91 Å². The number of fused-ring (bicyclic) bond motifs is 1. The number of carbonyl (C=O) groups excluding carboxylic acids is 1. The Balaban J connectivity index is 1.74. The number of benzene rings is 2. The van der Waals surface area contributed by atoms with Gasteiger partial charge in [-0.3, -0.25) is 4.79 Å².